The van der Waals surface area contributed by atoms with E-state index in [1.165, 1.54) is 12.0 Å². The Morgan fingerprint density at radius 2 is 1.90 bits per heavy atom. The average molecular weight is 403 g/mol. The Morgan fingerprint density at radius 3 is 2.55 bits per heavy atom. The molecule has 0 bridgehead atoms. The van der Waals surface area contributed by atoms with Crippen LogP contribution in [0.4, 0.5) is 0 Å². The van der Waals surface area contributed by atoms with E-state index in [1.807, 2.05) is 0 Å². The summed E-state index contributed by atoms with van der Waals surface area (Å²) in [6, 6.07) is 8.51. The fraction of sp³-hybridized carbons (Fsp3) is 0.696. The van der Waals surface area contributed by atoms with E-state index in [-0.39, 0.29) is 0 Å². The lowest BCUT2D eigenvalue weighted by Crippen LogP contribution is -2.45. The molecular formula is C23H38N4O2. The zero-order valence-electron chi connectivity index (χ0n) is 18.6. The fourth-order valence-electron chi connectivity index (χ4n) is 4.47. The first-order chi connectivity index (χ1) is 14.1. The Balaban J connectivity index is 1.49. The number of likely N-dealkylation sites (tertiary alicyclic amines) is 1. The van der Waals surface area contributed by atoms with Crippen LogP contribution in [0.25, 0.3) is 0 Å². The van der Waals surface area contributed by atoms with Crippen molar-refractivity contribution in [1.82, 2.24) is 15.1 Å². The van der Waals surface area contributed by atoms with Gasteiger partial charge >= 0.3 is 0 Å². The fourth-order valence-corrected chi connectivity index (χ4v) is 4.47. The highest BCUT2D eigenvalue weighted by Crippen LogP contribution is 2.28. The molecule has 29 heavy (non-hydrogen) atoms. The number of guanidine groups is 1. The first-order valence-corrected chi connectivity index (χ1v) is 11.1. The summed E-state index contributed by atoms with van der Waals surface area (Å²) in [6.45, 7) is 13.5. The molecule has 0 radical (unpaired) electrons. The molecule has 2 heterocycles. The number of nitrogens with zero attached hydrogens (tertiary/aromatic N) is 3. The molecule has 6 heteroatoms. The van der Waals surface area contributed by atoms with E-state index in [0.717, 1.165) is 63.9 Å². The Morgan fingerprint density at radius 1 is 1.17 bits per heavy atom. The van der Waals surface area contributed by atoms with E-state index in [4.69, 9.17) is 14.5 Å². The summed E-state index contributed by atoms with van der Waals surface area (Å²) < 4.78 is 11.1. The number of aliphatic imine (C=N–C) groups is 1. The van der Waals surface area contributed by atoms with Crippen LogP contribution in [0.1, 0.15) is 45.1 Å². The number of hydrogen-bond acceptors (Lipinski definition) is 4. The van der Waals surface area contributed by atoms with Gasteiger partial charge in [0.25, 0.3) is 0 Å². The topological polar surface area (TPSA) is 49.3 Å². The van der Waals surface area contributed by atoms with Crippen molar-refractivity contribution in [1.29, 1.82) is 0 Å². The standard InChI is InChI=1S/C23H38N4O2/c1-5-24-23(25-12-6-13-26-15-18(2)29-19(3)16-26)27-14-11-21(17-27)20-7-9-22(28-4)10-8-20/h7-10,18-19,21H,5-6,11-17H2,1-4H3,(H,24,25). The van der Waals surface area contributed by atoms with E-state index >= 15 is 0 Å². The van der Waals surface area contributed by atoms with Gasteiger partial charge in [-0.25, -0.2) is 0 Å². The average Bonchev–Trinajstić information content (AvgIpc) is 3.20. The maximum atomic E-state index is 5.83. The van der Waals surface area contributed by atoms with Gasteiger partial charge in [-0.2, -0.15) is 0 Å². The molecule has 162 valence electrons. The van der Waals surface area contributed by atoms with Gasteiger partial charge < -0.3 is 19.7 Å². The number of morpholine rings is 1. The second-order valence-corrected chi connectivity index (χ2v) is 8.31. The molecule has 2 aliphatic rings. The van der Waals surface area contributed by atoms with Gasteiger partial charge in [0.15, 0.2) is 5.96 Å². The van der Waals surface area contributed by atoms with Gasteiger partial charge in [0.1, 0.15) is 5.75 Å². The quantitative estimate of drug-likeness (QED) is 0.432. The van der Waals surface area contributed by atoms with Crippen molar-refractivity contribution in [2.45, 2.75) is 51.7 Å². The molecule has 2 fully saturated rings. The minimum Gasteiger partial charge on any atom is -0.497 e. The third-order valence-electron chi connectivity index (χ3n) is 5.80. The summed E-state index contributed by atoms with van der Waals surface area (Å²) in [7, 11) is 1.71. The van der Waals surface area contributed by atoms with E-state index in [0.29, 0.717) is 18.1 Å². The normalized spacial score (nSPS) is 26.0. The number of benzene rings is 1. The van der Waals surface area contributed by atoms with Gasteiger partial charge in [-0.1, -0.05) is 12.1 Å². The van der Waals surface area contributed by atoms with Crippen molar-refractivity contribution in [2.24, 2.45) is 4.99 Å². The Hall–Kier alpha value is -1.79. The summed E-state index contributed by atoms with van der Waals surface area (Å²) in [5.74, 6) is 2.54. The predicted octanol–water partition coefficient (Wildman–Crippen LogP) is 2.95. The molecular weight excluding hydrogens is 364 g/mol. The van der Waals surface area contributed by atoms with Crippen LogP contribution in [0.3, 0.4) is 0 Å². The highest BCUT2D eigenvalue weighted by atomic mass is 16.5. The largest absolute Gasteiger partial charge is 0.497 e. The molecule has 3 atom stereocenters. The molecule has 3 rings (SSSR count). The summed E-state index contributed by atoms with van der Waals surface area (Å²) >= 11 is 0. The number of nitrogens with one attached hydrogen (secondary N) is 1. The van der Waals surface area contributed by atoms with Crippen LogP contribution in [0.15, 0.2) is 29.3 Å². The maximum Gasteiger partial charge on any atom is 0.193 e. The van der Waals surface area contributed by atoms with Crippen LogP contribution in [-0.4, -0.2) is 80.9 Å². The zero-order chi connectivity index (χ0) is 20.6. The predicted molar refractivity (Wildman–Crippen MR) is 119 cm³/mol. The van der Waals surface area contributed by atoms with E-state index in [1.54, 1.807) is 7.11 Å². The maximum absolute atomic E-state index is 5.83. The highest BCUT2D eigenvalue weighted by Gasteiger charge is 2.26. The first kappa shape index (κ1) is 21.9. The van der Waals surface area contributed by atoms with Gasteiger partial charge in [0.2, 0.25) is 0 Å². The van der Waals surface area contributed by atoms with Crippen LogP contribution in [-0.2, 0) is 4.74 Å². The number of hydrogen-bond donors (Lipinski definition) is 1. The Kier molecular flexibility index (Phi) is 8.19. The van der Waals surface area contributed by atoms with Crippen LogP contribution >= 0.6 is 0 Å². The van der Waals surface area contributed by atoms with Gasteiger partial charge in [-0.05, 0) is 51.3 Å². The lowest BCUT2D eigenvalue weighted by atomic mass is 9.98. The summed E-state index contributed by atoms with van der Waals surface area (Å²) in [6.07, 6.45) is 2.92. The lowest BCUT2D eigenvalue weighted by molar-refractivity contribution is -0.0679. The van der Waals surface area contributed by atoms with Crippen LogP contribution in [0.5, 0.6) is 5.75 Å². The monoisotopic (exact) mass is 402 g/mol. The number of ether oxygens (including phenoxy) is 2. The smallest absolute Gasteiger partial charge is 0.193 e. The van der Waals surface area contributed by atoms with Crippen molar-refractivity contribution in [3.8, 4) is 5.75 Å². The van der Waals surface area contributed by atoms with E-state index in [2.05, 4.69) is 60.2 Å². The van der Waals surface area contributed by atoms with Crippen molar-refractivity contribution < 1.29 is 9.47 Å². The van der Waals surface area contributed by atoms with Crippen LogP contribution < -0.4 is 10.1 Å². The molecule has 0 saturated carbocycles. The summed E-state index contributed by atoms with van der Waals surface area (Å²) in [5.41, 5.74) is 1.39. The van der Waals surface area contributed by atoms with Crippen molar-refractivity contribution in [2.75, 3.05) is 52.9 Å². The van der Waals surface area contributed by atoms with E-state index < -0.39 is 0 Å². The van der Waals surface area contributed by atoms with Crippen molar-refractivity contribution in [3.63, 3.8) is 0 Å². The van der Waals surface area contributed by atoms with Gasteiger partial charge in [-0.3, -0.25) is 9.89 Å². The molecule has 0 aliphatic carbocycles. The minimum atomic E-state index is 0.332. The second-order valence-electron chi connectivity index (χ2n) is 8.31. The van der Waals surface area contributed by atoms with Crippen molar-refractivity contribution >= 4 is 5.96 Å². The minimum absolute atomic E-state index is 0.332. The molecule has 2 saturated heterocycles. The molecule has 3 unspecified atom stereocenters. The van der Waals surface area contributed by atoms with Gasteiger partial charge in [0, 0.05) is 51.7 Å². The first-order valence-electron chi connectivity index (χ1n) is 11.1. The second kappa shape index (κ2) is 10.8. The summed E-state index contributed by atoms with van der Waals surface area (Å²) in [5, 5.41) is 3.49. The van der Waals surface area contributed by atoms with E-state index in [9.17, 15) is 0 Å². The molecule has 2 aliphatic heterocycles. The molecule has 1 aromatic rings. The van der Waals surface area contributed by atoms with Gasteiger partial charge in [-0.15, -0.1) is 0 Å². The molecule has 0 aromatic heterocycles. The summed E-state index contributed by atoms with van der Waals surface area (Å²) in [4.78, 5) is 9.85. The molecule has 6 nitrogen and oxygen atoms in total. The zero-order valence-corrected chi connectivity index (χ0v) is 18.6. The molecule has 0 spiro atoms. The van der Waals surface area contributed by atoms with Crippen molar-refractivity contribution in [3.05, 3.63) is 29.8 Å². The Labute approximate surface area is 176 Å². The number of methoxy groups -OCH3 is 1. The third kappa shape index (κ3) is 6.34. The SMILES string of the molecule is CCNC(=NCCCN1CC(C)OC(C)C1)N1CCC(c2ccc(OC)cc2)C1. The number of rotatable bonds is 7. The van der Waals surface area contributed by atoms with Crippen LogP contribution in [0, 0.1) is 0 Å². The molecule has 0 amide bonds. The Bertz CT molecular complexity index is 639. The highest BCUT2D eigenvalue weighted by molar-refractivity contribution is 5.80. The molecule has 1 aromatic carbocycles. The third-order valence-corrected chi connectivity index (χ3v) is 5.80. The van der Waals surface area contributed by atoms with Gasteiger partial charge in [0.05, 0.1) is 19.3 Å². The lowest BCUT2D eigenvalue weighted by Gasteiger charge is -2.35. The van der Waals surface area contributed by atoms with Crippen LogP contribution in [0.2, 0.25) is 0 Å². The molecule has 1 N–H and O–H groups in total.